The highest BCUT2D eigenvalue weighted by Crippen LogP contribution is 2.37. The molecule has 14 nitrogen and oxygen atoms in total. The largest absolute Gasteiger partial charge is 0.457 e. The number of aryl methyl sites for hydroxylation is 1. The first-order valence-electron chi connectivity index (χ1n) is 19.4. The van der Waals surface area contributed by atoms with Crippen LogP contribution in [0, 0.1) is 6.92 Å². The van der Waals surface area contributed by atoms with Gasteiger partial charge in [0.2, 0.25) is 11.8 Å². The van der Waals surface area contributed by atoms with Crippen LogP contribution in [-0.4, -0.2) is 44.0 Å². The van der Waals surface area contributed by atoms with E-state index in [4.69, 9.17) is 29.9 Å². The molecular weight excluding hydrogens is 824 g/mol. The number of nitrogens with zero attached hydrogens (tertiary/aromatic N) is 6. The van der Waals surface area contributed by atoms with Gasteiger partial charge in [0.25, 0.3) is 23.6 Å². The van der Waals surface area contributed by atoms with Crippen LogP contribution in [0.3, 0.4) is 0 Å². The molecule has 0 bridgehead atoms. The molecule has 9 rings (SSSR count). The molecule has 2 aliphatic heterocycles. The molecule has 0 fully saturated rings. The Bertz CT molecular complexity index is 3040. The monoisotopic (exact) mass is 856 g/mol. The lowest BCUT2D eigenvalue weighted by Gasteiger charge is -2.26. The second-order valence-corrected chi connectivity index (χ2v) is 15.2. The number of aromatic nitrogens is 4. The Balaban J connectivity index is 0.834. The third-order valence-electron chi connectivity index (χ3n) is 10.5. The zero-order valence-corrected chi connectivity index (χ0v) is 34.4. The topological polar surface area (TPSA) is 171 Å². The summed E-state index contributed by atoms with van der Waals surface area (Å²) in [5, 5.41) is 15.8. The van der Waals surface area contributed by atoms with Gasteiger partial charge in [-0.2, -0.15) is 9.80 Å². The predicted molar refractivity (Wildman–Crippen MR) is 232 cm³/mol. The number of allylic oxidation sites excluding steroid dienone is 4. The number of benzene rings is 5. The number of carbonyl (C=O) groups excluding carboxylic acids is 4. The molecule has 310 valence electrons. The van der Waals surface area contributed by atoms with Crippen LogP contribution in [-0.2, 0) is 5.41 Å². The van der Waals surface area contributed by atoms with Gasteiger partial charge in [-0.15, -0.1) is 10.2 Å². The van der Waals surface area contributed by atoms with Gasteiger partial charge < -0.3 is 18.3 Å². The quantitative estimate of drug-likeness (QED) is 0.0842. The van der Waals surface area contributed by atoms with Crippen molar-refractivity contribution in [3.63, 3.8) is 0 Å². The van der Waals surface area contributed by atoms with Crippen molar-refractivity contribution in [2.24, 2.45) is 0 Å². The van der Waals surface area contributed by atoms with Crippen molar-refractivity contribution in [1.29, 1.82) is 0 Å². The normalized spacial score (nSPS) is 13.9. The zero-order chi connectivity index (χ0) is 43.8. The molecule has 0 unspecified atom stereocenters. The minimum absolute atomic E-state index is 0.110. The number of ether oxygens (including phenoxy) is 2. The van der Waals surface area contributed by atoms with E-state index in [-0.39, 0.29) is 46.1 Å². The van der Waals surface area contributed by atoms with Crippen molar-refractivity contribution in [1.82, 2.24) is 20.4 Å². The van der Waals surface area contributed by atoms with Crippen molar-refractivity contribution in [2.75, 3.05) is 9.80 Å². The van der Waals surface area contributed by atoms with E-state index in [1.165, 1.54) is 29.8 Å². The molecule has 0 spiro atoms. The van der Waals surface area contributed by atoms with Crippen molar-refractivity contribution in [3.8, 4) is 34.5 Å². The molecular formula is C48H33ClN6O8. The summed E-state index contributed by atoms with van der Waals surface area (Å²) in [6, 6.07) is 31.5. The molecule has 4 heterocycles. The summed E-state index contributed by atoms with van der Waals surface area (Å²) in [6.45, 7) is 6.14. The van der Waals surface area contributed by atoms with E-state index in [2.05, 4.69) is 34.2 Å². The zero-order valence-electron chi connectivity index (χ0n) is 33.7. The van der Waals surface area contributed by atoms with Crippen LogP contribution in [0.1, 0.15) is 77.9 Å². The average Bonchev–Trinajstić information content (AvgIpc) is 4.06. The molecule has 0 atom stereocenters. The first-order valence-corrected chi connectivity index (χ1v) is 19.9. The fraction of sp³-hybridized carbons (Fsp3) is 0.0833. The Morgan fingerprint density at radius 3 is 1.56 bits per heavy atom. The van der Waals surface area contributed by atoms with E-state index < -0.39 is 29.0 Å². The van der Waals surface area contributed by atoms with E-state index in [1.807, 2.05) is 79.7 Å². The van der Waals surface area contributed by atoms with Gasteiger partial charge in [0.15, 0.2) is 0 Å². The summed E-state index contributed by atoms with van der Waals surface area (Å²) in [5.41, 5.74) is 5.36. The number of rotatable bonds is 12. The second kappa shape index (κ2) is 16.3. The van der Waals surface area contributed by atoms with Crippen molar-refractivity contribution < 1.29 is 37.5 Å². The maximum absolute atomic E-state index is 13.4. The number of hydrogen-bond donors (Lipinski definition) is 0. The highest BCUT2D eigenvalue weighted by molar-refractivity contribution is 6.34. The van der Waals surface area contributed by atoms with Crippen LogP contribution < -0.4 is 19.3 Å². The van der Waals surface area contributed by atoms with Gasteiger partial charge >= 0.3 is 12.0 Å². The summed E-state index contributed by atoms with van der Waals surface area (Å²) in [6.07, 6.45) is 8.20. The van der Waals surface area contributed by atoms with Crippen LogP contribution in [0.25, 0.3) is 17.5 Å². The number of hydrogen-bond acceptors (Lipinski definition) is 12. The smallest absolute Gasteiger partial charge is 0.332 e. The summed E-state index contributed by atoms with van der Waals surface area (Å²) < 4.78 is 23.5. The van der Waals surface area contributed by atoms with E-state index >= 15 is 0 Å². The molecule has 0 saturated heterocycles. The third-order valence-corrected chi connectivity index (χ3v) is 10.7. The Hall–Kier alpha value is -8.23. The Morgan fingerprint density at radius 2 is 1.02 bits per heavy atom. The fourth-order valence-corrected chi connectivity index (χ4v) is 7.13. The number of imide groups is 2. The standard InChI is InChI=1S/C48H33ClN6O8/c1-28-9-11-29(12-10-28)41-51-53-47(63-41)55-43(57)37-24-22-35(27-39(37)45(55)59)61-33-19-15-31(16-20-33)48(2,3)30-13-17-32(18-14-30)60-34-21-23-36-38(26-34)44(58)54(42(36)56)46-52-50-40(62-46)8-6-4-5-7-25-49/h4-27H,1-3H3. The summed E-state index contributed by atoms with van der Waals surface area (Å²) in [7, 11) is 0. The second-order valence-electron chi connectivity index (χ2n) is 14.9. The Labute approximate surface area is 364 Å². The third kappa shape index (κ3) is 7.70. The minimum Gasteiger partial charge on any atom is -0.457 e. The number of fused-ring (bicyclic) bond motifs is 2. The van der Waals surface area contributed by atoms with Gasteiger partial charge in [-0.25, -0.2) is 0 Å². The molecule has 4 amide bonds. The van der Waals surface area contributed by atoms with Gasteiger partial charge in [-0.3, -0.25) is 19.2 Å². The van der Waals surface area contributed by atoms with Crippen LogP contribution in [0.2, 0.25) is 0 Å². The number of carbonyl (C=O) groups is 4. The molecule has 0 aliphatic carbocycles. The molecule has 0 radical (unpaired) electrons. The molecule has 2 aliphatic rings. The van der Waals surface area contributed by atoms with Crippen molar-refractivity contribution in [2.45, 2.75) is 26.2 Å². The summed E-state index contributed by atoms with van der Waals surface area (Å²) >= 11 is 5.49. The minimum atomic E-state index is -0.611. The van der Waals surface area contributed by atoms with E-state index in [0.717, 1.165) is 26.5 Å². The van der Waals surface area contributed by atoms with Crippen molar-refractivity contribution in [3.05, 3.63) is 184 Å². The lowest BCUT2D eigenvalue weighted by atomic mass is 9.78. The van der Waals surface area contributed by atoms with Crippen molar-refractivity contribution >= 4 is 53.3 Å². The average molecular weight is 857 g/mol. The first-order chi connectivity index (χ1) is 30.5. The summed E-state index contributed by atoms with van der Waals surface area (Å²) in [5.74, 6) is -0.262. The van der Waals surface area contributed by atoms with Crippen LogP contribution in [0.15, 0.2) is 148 Å². The van der Waals surface area contributed by atoms with Gasteiger partial charge in [-0.05, 0) is 90.8 Å². The fourth-order valence-electron chi connectivity index (χ4n) is 7.04. The molecule has 2 aromatic heterocycles. The van der Waals surface area contributed by atoms with E-state index in [9.17, 15) is 19.2 Å². The Morgan fingerprint density at radius 1 is 0.540 bits per heavy atom. The molecule has 15 heteroatoms. The van der Waals surface area contributed by atoms with Crippen LogP contribution in [0.4, 0.5) is 12.0 Å². The highest BCUT2D eigenvalue weighted by atomic mass is 35.5. The lowest BCUT2D eigenvalue weighted by Crippen LogP contribution is -2.29. The summed E-state index contributed by atoms with van der Waals surface area (Å²) in [4.78, 5) is 54.9. The van der Waals surface area contributed by atoms with Gasteiger partial charge in [0.1, 0.15) is 23.0 Å². The van der Waals surface area contributed by atoms with E-state index in [0.29, 0.717) is 28.6 Å². The maximum Gasteiger partial charge on any atom is 0.332 e. The molecule has 0 saturated carbocycles. The van der Waals surface area contributed by atoms with Gasteiger partial charge in [0, 0.05) is 22.6 Å². The van der Waals surface area contributed by atoms with E-state index in [1.54, 1.807) is 42.5 Å². The lowest BCUT2D eigenvalue weighted by molar-refractivity contribution is 0.0902. The SMILES string of the molecule is Cc1ccc(-c2nnc(N3C(=O)c4ccc(Oc5ccc(C(C)(C)c6ccc(Oc7ccc8c(c7)C(=O)N(c7nnc(C=CC=CC=CCl)o7)C8=O)cc6)cc5)cc4C3=O)o2)cc1. The maximum atomic E-state index is 13.4. The number of amides is 4. The molecule has 5 aromatic carbocycles. The van der Waals surface area contributed by atoms with Gasteiger partial charge in [0.05, 0.1) is 22.3 Å². The van der Waals surface area contributed by atoms with Gasteiger partial charge in [-0.1, -0.05) is 102 Å². The number of anilines is 2. The molecule has 7 aromatic rings. The predicted octanol–water partition coefficient (Wildman–Crippen LogP) is 10.3. The highest BCUT2D eigenvalue weighted by Gasteiger charge is 2.41. The van der Waals surface area contributed by atoms with Crippen LogP contribution in [0.5, 0.6) is 23.0 Å². The Kier molecular flexibility index (Phi) is 10.4. The molecule has 0 N–H and O–H groups in total. The number of halogens is 1. The molecule has 63 heavy (non-hydrogen) atoms. The first kappa shape index (κ1) is 40.2. The van der Waals surface area contributed by atoms with Crippen LogP contribution >= 0.6 is 11.6 Å².